The first-order valence-electron chi connectivity index (χ1n) is 35.5. The highest BCUT2D eigenvalue weighted by atomic mass is 16.4. The quantitative estimate of drug-likeness (QED) is 0.0155. The van der Waals surface area contributed by atoms with Gasteiger partial charge >= 0.3 is 5.97 Å². The van der Waals surface area contributed by atoms with Gasteiger partial charge in [0.15, 0.2) is 23.8 Å². The van der Waals surface area contributed by atoms with E-state index < -0.39 is 132 Å². The number of aliphatic imine (C=N–C) groups is 4. The monoisotopic (exact) mass is 1440 g/mol. The number of nitrogens with one attached hydrogen (secondary N) is 10. The molecule has 33 N–H and O–H groups in total. The van der Waals surface area contributed by atoms with Gasteiger partial charge in [0.05, 0.1) is 6.54 Å². The van der Waals surface area contributed by atoms with Crippen molar-refractivity contribution in [3.63, 3.8) is 0 Å². The first kappa shape index (κ1) is 92.1. The summed E-state index contributed by atoms with van der Waals surface area (Å²) in [4.78, 5) is 169. The third-order valence-corrected chi connectivity index (χ3v) is 16.0. The first-order valence-corrected chi connectivity index (χ1v) is 35.5. The topological polar surface area (TPSA) is 664 Å². The Morgan fingerprint density at radius 3 is 0.941 bits per heavy atom. The number of carboxylic acid groups (broad SMARTS) is 1. The number of unbranched alkanes of at least 4 members (excludes halogenated alkanes) is 9. The average Bonchev–Trinajstić information content (AvgIpc) is 0.854. The average molecular weight is 1440 g/mol. The fourth-order valence-corrected chi connectivity index (χ4v) is 10.3. The van der Waals surface area contributed by atoms with E-state index in [1.54, 1.807) is 27.7 Å². The van der Waals surface area contributed by atoms with Crippen molar-refractivity contribution in [2.24, 2.45) is 94.9 Å². The van der Waals surface area contributed by atoms with Gasteiger partial charge in [-0.3, -0.25) is 67.9 Å². The first-order chi connectivity index (χ1) is 47.9. The van der Waals surface area contributed by atoms with E-state index in [1.807, 2.05) is 0 Å². The Hall–Kier alpha value is -8.87. The summed E-state index contributed by atoms with van der Waals surface area (Å²) >= 11 is 0. The van der Waals surface area contributed by atoms with Crippen LogP contribution in [0.15, 0.2) is 20.0 Å². The van der Waals surface area contributed by atoms with E-state index in [0.717, 1.165) is 38.5 Å². The van der Waals surface area contributed by atoms with Crippen molar-refractivity contribution in [1.29, 1.82) is 0 Å². The van der Waals surface area contributed by atoms with Crippen LogP contribution in [-0.4, -0.2) is 201 Å². The molecule has 0 aliphatic rings. The number of nitrogens with two attached hydrogens (primary N) is 11. The van der Waals surface area contributed by atoms with Crippen molar-refractivity contribution >= 4 is 88.9 Å². The Labute approximate surface area is 594 Å². The molecule has 9 atom stereocenters. The van der Waals surface area contributed by atoms with Crippen LogP contribution >= 0.6 is 0 Å². The van der Waals surface area contributed by atoms with Gasteiger partial charge in [0, 0.05) is 32.6 Å². The molecule has 578 valence electrons. The number of rotatable bonds is 58. The van der Waals surface area contributed by atoms with Gasteiger partial charge in [-0.2, -0.15) is 0 Å². The minimum absolute atomic E-state index is 0.00360. The molecule has 0 aliphatic heterocycles. The molecule has 0 spiro atoms. The van der Waals surface area contributed by atoms with Crippen molar-refractivity contribution in [2.45, 2.75) is 250 Å². The summed E-state index contributed by atoms with van der Waals surface area (Å²) in [6, 6.07) is -11.8. The summed E-state index contributed by atoms with van der Waals surface area (Å²) in [5, 5.41) is 36.5. The number of amides is 10. The van der Waals surface area contributed by atoms with Gasteiger partial charge in [0.1, 0.15) is 54.4 Å². The number of carboxylic acids is 1. The highest BCUT2D eigenvalue weighted by Gasteiger charge is 2.37. The van der Waals surface area contributed by atoms with Crippen LogP contribution in [0.25, 0.3) is 0 Å². The van der Waals surface area contributed by atoms with Crippen molar-refractivity contribution in [3.05, 3.63) is 0 Å². The van der Waals surface area contributed by atoms with E-state index in [9.17, 15) is 57.8 Å². The van der Waals surface area contributed by atoms with Crippen LogP contribution in [-0.2, 0) is 52.7 Å². The number of carbonyl (C=O) groups excluding carboxylic acids is 10. The van der Waals surface area contributed by atoms with Crippen LogP contribution in [0, 0.1) is 11.8 Å². The zero-order chi connectivity index (χ0) is 76.2. The molecule has 0 saturated heterocycles. The van der Waals surface area contributed by atoms with E-state index in [1.165, 1.54) is 0 Å². The van der Waals surface area contributed by atoms with Crippen LogP contribution in [0.3, 0.4) is 0 Å². The number of carbonyl (C=O) groups is 11. The molecule has 0 fully saturated rings. The lowest BCUT2D eigenvalue weighted by molar-refractivity contribution is -0.142. The SMILES string of the molecule is CCCCCCCCCC(=O)N[C@@H](CCCN=C(N)N)C(=O)NCC(=O)N[C@@H](CCCN=C(N)N)C(=O)N[C@@H](CCCCN)C(=O)N[C@H](C(=O)N[C@H](C(=O)N[C@@H](CCCN=C(N)N)C(=O)N[C@@H](CCCN=C(N)N)C(=O)N[C@@H](CCCCN)C(=O)N[C@@H](CCCCN)C(=O)O)C(C)C)C(C)C. The van der Waals surface area contributed by atoms with Gasteiger partial charge in [-0.1, -0.05) is 73.1 Å². The summed E-state index contributed by atoms with van der Waals surface area (Å²) in [6.07, 6.45) is 10.2. The van der Waals surface area contributed by atoms with Crippen molar-refractivity contribution in [2.75, 3.05) is 52.4 Å². The largest absolute Gasteiger partial charge is 0.480 e. The van der Waals surface area contributed by atoms with Crippen molar-refractivity contribution in [3.8, 4) is 0 Å². The van der Waals surface area contributed by atoms with Gasteiger partial charge in [-0.25, -0.2) is 4.79 Å². The third kappa shape index (κ3) is 44.1. The lowest BCUT2D eigenvalue weighted by Gasteiger charge is -2.30. The summed E-state index contributed by atoms with van der Waals surface area (Å²) in [5.41, 5.74) is 61.5. The van der Waals surface area contributed by atoms with E-state index in [0.29, 0.717) is 57.9 Å². The lowest BCUT2D eigenvalue weighted by atomic mass is 9.98. The normalized spacial score (nSPS) is 13.7. The second-order valence-electron chi connectivity index (χ2n) is 25.6. The molecule has 0 heterocycles. The molecular weight excluding hydrogens is 1310 g/mol. The summed E-state index contributed by atoms with van der Waals surface area (Å²) in [6.45, 7) is 9.04. The minimum Gasteiger partial charge on any atom is -0.480 e. The maximum absolute atomic E-state index is 14.5. The number of nitrogens with zero attached hydrogens (tertiary/aromatic N) is 4. The molecule has 37 heteroatoms. The van der Waals surface area contributed by atoms with Crippen LogP contribution in [0.4, 0.5) is 0 Å². The highest BCUT2D eigenvalue weighted by molar-refractivity contribution is 5.98. The van der Waals surface area contributed by atoms with Gasteiger partial charge in [0.25, 0.3) is 0 Å². The fraction of sp³-hybridized carbons (Fsp3) is 0.766. The predicted octanol–water partition coefficient (Wildman–Crippen LogP) is -4.40. The molecule has 101 heavy (non-hydrogen) atoms. The predicted molar refractivity (Wildman–Crippen MR) is 389 cm³/mol. The van der Waals surface area contributed by atoms with Gasteiger partial charge in [0.2, 0.25) is 59.1 Å². The van der Waals surface area contributed by atoms with Crippen molar-refractivity contribution in [1.82, 2.24) is 53.2 Å². The van der Waals surface area contributed by atoms with Gasteiger partial charge < -0.3 is 121 Å². The van der Waals surface area contributed by atoms with E-state index >= 15 is 0 Å². The Morgan fingerprint density at radius 2 is 0.594 bits per heavy atom. The molecule has 10 amide bonds. The number of hydrogen-bond acceptors (Lipinski definition) is 18. The lowest BCUT2D eigenvalue weighted by Crippen LogP contribution is -2.61. The highest BCUT2D eigenvalue weighted by Crippen LogP contribution is 2.14. The molecular formula is C64H125N25O12. The molecule has 0 radical (unpaired) electrons. The molecule has 0 unspecified atom stereocenters. The molecule has 0 aromatic carbocycles. The zero-order valence-electron chi connectivity index (χ0n) is 60.3. The van der Waals surface area contributed by atoms with E-state index in [-0.39, 0.29) is 140 Å². The maximum Gasteiger partial charge on any atom is 0.326 e. The maximum atomic E-state index is 14.5. The van der Waals surface area contributed by atoms with Crippen LogP contribution in [0.2, 0.25) is 0 Å². The Bertz CT molecular complexity index is 2630. The number of guanidine groups is 4. The van der Waals surface area contributed by atoms with Gasteiger partial charge in [-0.15, -0.1) is 0 Å². The van der Waals surface area contributed by atoms with Crippen molar-refractivity contribution < 1.29 is 57.8 Å². The second-order valence-corrected chi connectivity index (χ2v) is 25.6. The number of aliphatic carboxylic acids is 1. The molecule has 0 aromatic rings. The Morgan fingerprint density at radius 1 is 0.317 bits per heavy atom. The second kappa shape index (κ2) is 54.9. The smallest absolute Gasteiger partial charge is 0.326 e. The third-order valence-electron chi connectivity index (χ3n) is 16.0. The molecule has 0 bridgehead atoms. The number of hydrogen-bond donors (Lipinski definition) is 22. The molecule has 0 aliphatic carbocycles. The zero-order valence-corrected chi connectivity index (χ0v) is 60.3. The van der Waals surface area contributed by atoms with Crippen LogP contribution in [0.1, 0.15) is 195 Å². The summed E-state index contributed by atoms with van der Waals surface area (Å²) in [7, 11) is 0. The Kier molecular flexibility index (Phi) is 50.1. The fourth-order valence-electron chi connectivity index (χ4n) is 10.3. The standard InChI is InChI=1S/C64H125N25O12/c1-6-7-8-9-10-11-12-30-48(90)81-41(26-19-34-76-61(68)69)52(92)80-38-49(91)82-42(27-20-35-77-62(70)71)53(93)84-44(24-14-17-32-66)57(97)88-51(40(4)5)59(99)89-50(39(2)3)58(98)86-46(29-22-37-79-64(74)75)55(95)85-45(28-21-36-78-63(72)73)54(94)83-43(23-13-16-31-65)56(96)87-47(60(100)101)25-15-18-33-67/h39-47,50-51H,6-38,65-67H2,1-5H3,(H,80,92)(H,81,90)(H,82,91)(H,83,94)(H,84,93)(H,85,95)(H,86,98)(H,87,96)(H,88,97)(H,89,99)(H,100,101)(H4,68,69,76)(H4,70,71,77)(H4,72,73,78)(H4,74,75,79)/t41-,42-,43-,44-,45-,46-,47-,50-,51-/m0/s1. The molecule has 0 saturated carbocycles. The molecule has 37 nitrogen and oxygen atoms in total. The van der Waals surface area contributed by atoms with Crippen LogP contribution in [0.5, 0.6) is 0 Å². The van der Waals surface area contributed by atoms with Gasteiger partial charge in [-0.05, 0) is 147 Å². The Balaban J connectivity index is 6.99. The van der Waals surface area contributed by atoms with E-state index in [4.69, 9.17) is 63.1 Å². The summed E-state index contributed by atoms with van der Waals surface area (Å²) in [5.74, 6) is -11.1. The van der Waals surface area contributed by atoms with Crippen LogP contribution < -0.4 is 116 Å². The molecule has 0 aromatic heterocycles. The minimum atomic E-state index is -1.43. The van der Waals surface area contributed by atoms with E-state index in [2.05, 4.69) is 80.1 Å². The summed E-state index contributed by atoms with van der Waals surface area (Å²) < 4.78 is 0. The molecule has 0 rings (SSSR count).